The molecule has 0 unspecified atom stereocenters. The molecule has 1 rings (SSSR count). The number of non-ortho nitro benzene ring substituents is 1. The van der Waals surface area contributed by atoms with Gasteiger partial charge in [0.15, 0.2) is 0 Å². The van der Waals surface area contributed by atoms with Gasteiger partial charge in [0.2, 0.25) is 0 Å². The topological polar surface area (TPSA) is 111 Å². The molecule has 8 nitrogen and oxygen atoms in total. The number of hydrogen-bond acceptors (Lipinski definition) is 6. The molecule has 0 spiro atoms. The largest absolute Gasteiger partial charge is 0.301 e. The van der Waals surface area contributed by atoms with Gasteiger partial charge in [0.1, 0.15) is 5.69 Å². The molecular weight excluding hydrogens is 276 g/mol. The minimum atomic E-state index is -0.675. The van der Waals surface area contributed by atoms with Gasteiger partial charge in [0.25, 0.3) is 5.69 Å². The van der Waals surface area contributed by atoms with E-state index in [1.807, 2.05) is 0 Å². The Kier molecular flexibility index (Phi) is 6.79. The van der Waals surface area contributed by atoms with E-state index in [4.69, 9.17) is 0 Å². The predicted molar refractivity (Wildman–Crippen MR) is 80.6 cm³/mol. The Morgan fingerprint density at radius 1 is 1.19 bits per heavy atom. The third-order valence-corrected chi connectivity index (χ3v) is 2.85. The van der Waals surface area contributed by atoms with Gasteiger partial charge in [-0.3, -0.25) is 25.7 Å². The van der Waals surface area contributed by atoms with Crippen molar-refractivity contribution >= 4 is 23.3 Å². The molecule has 114 valence electrons. The monoisotopic (exact) mass is 294 g/mol. The van der Waals surface area contributed by atoms with Gasteiger partial charge in [-0.15, -0.1) is 0 Å². The first-order valence-electron chi connectivity index (χ1n) is 6.76. The minimum Gasteiger partial charge on any atom is -0.272 e. The van der Waals surface area contributed by atoms with Gasteiger partial charge in [0, 0.05) is 12.3 Å². The Bertz CT molecular complexity index is 531. The summed E-state index contributed by atoms with van der Waals surface area (Å²) in [5, 5.41) is 25.4. The molecule has 1 N–H and O–H groups in total. The molecular formula is C13H18N4O4. The van der Waals surface area contributed by atoms with Crippen LogP contribution in [0.5, 0.6) is 0 Å². The smallest absolute Gasteiger partial charge is 0.272 e. The molecule has 0 saturated heterocycles. The number of rotatable bonds is 9. The van der Waals surface area contributed by atoms with Crippen molar-refractivity contribution < 1.29 is 9.85 Å². The summed E-state index contributed by atoms with van der Waals surface area (Å²) in [5.41, 5.74) is 2.00. The van der Waals surface area contributed by atoms with Gasteiger partial charge in [-0.1, -0.05) is 26.2 Å². The van der Waals surface area contributed by atoms with E-state index in [0.29, 0.717) is 0 Å². The summed E-state index contributed by atoms with van der Waals surface area (Å²) in [4.78, 5) is 20.2. The summed E-state index contributed by atoms with van der Waals surface area (Å²) in [6, 6.07) is 3.40. The number of hydrazone groups is 1. The molecule has 0 atom stereocenters. The van der Waals surface area contributed by atoms with E-state index in [2.05, 4.69) is 17.5 Å². The molecule has 0 aromatic heterocycles. The van der Waals surface area contributed by atoms with Crippen LogP contribution in [-0.4, -0.2) is 16.1 Å². The molecule has 0 fully saturated rings. The molecule has 0 radical (unpaired) electrons. The van der Waals surface area contributed by atoms with Crippen LogP contribution in [0.3, 0.4) is 0 Å². The summed E-state index contributed by atoms with van der Waals surface area (Å²) in [7, 11) is 0. The zero-order valence-electron chi connectivity index (χ0n) is 11.8. The standard InChI is InChI=1S/C13H18N4O4/c1-2-3-4-5-6-9-14-15-12-8-7-11(16(18)19)10-13(12)17(20)21/h7-10,15H,2-6H2,1H3/b14-9-. The van der Waals surface area contributed by atoms with Gasteiger partial charge in [-0.05, 0) is 18.9 Å². The van der Waals surface area contributed by atoms with E-state index in [-0.39, 0.29) is 17.1 Å². The Hall–Kier alpha value is -2.51. The van der Waals surface area contributed by atoms with Crippen LogP contribution in [0.2, 0.25) is 0 Å². The first kappa shape index (κ1) is 16.5. The average Bonchev–Trinajstić information content (AvgIpc) is 2.46. The molecule has 0 bridgehead atoms. The second-order valence-electron chi connectivity index (χ2n) is 4.49. The van der Waals surface area contributed by atoms with Crippen molar-refractivity contribution in [1.29, 1.82) is 0 Å². The molecule has 0 aliphatic heterocycles. The third kappa shape index (κ3) is 5.55. The van der Waals surface area contributed by atoms with Crippen LogP contribution in [0.15, 0.2) is 23.3 Å². The highest BCUT2D eigenvalue weighted by molar-refractivity contribution is 5.67. The molecule has 0 aliphatic rings. The van der Waals surface area contributed by atoms with Gasteiger partial charge < -0.3 is 0 Å². The zero-order chi connectivity index (χ0) is 15.7. The number of nitro groups is 2. The lowest BCUT2D eigenvalue weighted by Crippen LogP contribution is -1.98. The molecule has 0 aliphatic carbocycles. The van der Waals surface area contributed by atoms with Crippen molar-refractivity contribution in [3.63, 3.8) is 0 Å². The van der Waals surface area contributed by atoms with Crippen LogP contribution >= 0.6 is 0 Å². The van der Waals surface area contributed by atoms with Crippen LogP contribution in [0.4, 0.5) is 17.1 Å². The molecule has 21 heavy (non-hydrogen) atoms. The van der Waals surface area contributed by atoms with Crippen molar-refractivity contribution in [3.05, 3.63) is 38.4 Å². The highest BCUT2D eigenvalue weighted by atomic mass is 16.6. The second kappa shape index (κ2) is 8.62. The molecule has 8 heteroatoms. The number of nitro benzene ring substituents is 2. The van der Waals surface area contributed by atoms with Crippen LogP contribution in [0.1, 0.15) is 39.0 Å². The number of unbranched alkanes of at least 4 members (excludes halogenated alkanes) is 4. The van der Waals surface area contributed by atoms with Crippen molar-refractivity contribution in [1.82, 2.24) is 0 Å². The van der Waals surface area contributed by atoms with Crippen molar-refractivity contribution in [2.75, 3.05) is 5.43 Å². The summed E-state index contributed by atoms with van der Waals surface area (Å²) in [6.07, 6.45) is 6.91. The van der Waals surface area contributed by atoms with Gasteiger partial charge in [0.05, 0.1) is 15.9 Å². The summed E-state index contributed by atoms with van der Waals surface area (Å²) >= 11 is 0. The lowest BCUT2D eigenvalue weighted by molar-refractivity contribution is -0.393. The Labute approximate surface area is 122 Å². The maximum absolute atomic E-state index is 10.9. The van der Waals surface area contributed by atoms with Crippen molar-refractivity contribution in [3.8, 4) is 0 Å². The van der Waals surface area contributed by atoms with E-state index < -0.39 is 9.85 Å². The van der Waals surface area contributed by atoms with Gasteiger partial charge in [-0.2, -0.15) is 5.10 Å². The number of anilines is 1. The number of hydrogen-bond donors (Lipinski definition) is 1. The SMILES string of the molecule is CCCCCC/C=N\Nc1ccc([N+](=O)[O-])cc1[N+](=O)[O-]. The fraction of sp³-hybridized carbons (Fsp3) is 0.462. The fourth-order valence-corrected chi connectivity index (χ4v) is 1.72. The van der Waals surface area contributed by atoms with E-state index >= 15 is 0 Å². The van der Waals surface area contributed by atoms with Crippen molar-refractivity contribution in [2.24, 2.45) is 5.10 Å². The summed E-state index contributed by atoms with van der Waals surface area (Å²) in [6.45, 7) is 2.13. The molecule has 0 saturated carbocycles. The molecule has 0 amide bonds. The highest BCUT2D eigenvalue weighted by Crippen LogP contribution is 2.28. The first-order chi connectivity index (χ1) is 10.1. The fourth-order valence-electron chi connectivity index (χ4n) is 1.72. The average molecular weight is 294 g/mol. The summed E-state index contributed by atoms with van der Waals surface area (Å²) in [5.74, 6) is 0. The molecule has 1 aromatic carbocycles. The molecule has 0 heterocycles. The van der Waals surface area contributed by atoms with E-state index in [9.17, 15) is 20.2 Å². The first-order valence-corrected chi connectivity index (χ1v) is 6.76. The number of nitrogens with one attached hydrogen (secondary N) is 1. The Morgan fingerprint density at radius 3 is 2.57 bits per heavy atom. The second-order valence-corrected chi connectivity index (χ2v) is 4.49. The van der Waals surface area contributed by atoms with Crippen molar-refractivity contribution in [2.45, 2.75) is 39.0 Å². The maximum Gasteiger partial charge on any atom is 0.301 e. The van der Waals surface area contributed by atoms with Gasteiger partial charge >= 0.3 is 5.69 Å². The minimum absolute atomic E-state index is 0.135. The lowest BCUT2D eigenvalue weighted by atomic mass is 10.2. The summed E-state index contributed by atoms with van der Waals surface area (Å²) < 4.78 is 0. The quantitative estimate of drug-likeness (QED) is 0.321. The van der Waals surface area contributed by atoms with E-state index in [1.54, 1.807) is 6.21 Å². The number of nitrogens with zero attached hydrogens (tertiary/aromatic N) is 3. The van der Waals surface area contributed by atoms with Crippen LogP contribution in [0, 0.1) is 20.2 Å². The maximum atomic E-state index is 10.9. The lowest BCUT2D eigenvalue weighted by Gasteiger charge is -2.01. The Balaban J connectivity index is 2.64. The number of benzene rings is 1. The van der Waals surface area contributed by atoms with Crippen LogP contribution in [-0.2, 0) is 0 Å². The predicted octanol–water partition coefficient (Wildman–Crippen LogP) is 3.87. The molecule has 1 aromatic rings. The highest BCUT2D eigenvalue weighted by Gasteiger charge is 2.18. The van der Waals surface area contributed by atoms with Crippen LogP contribution < -0.4 is 5.43 Å². The van der Waals surface area contributed by atoms with Gasteiger partial charge in [-0.25, -0.2) is 0 Å². The normalized spacial score (nSPS) is 10.7. The third-order valence-electron chi connectivity index (χ3n) is 2.85. The van der Waals surface area contributed by atoms with E-state index in [1.165, 1.54) is 18.6 Å². The Morgan fingerprint density at radius 2 is 1.95 bits per heavy atom. The van der Waals surface area contributed by atoms with Crippen LogP contribution in [0.25, 0.3) is 0 Å². The van der Waals surface area contributed by atoms with E-state index in [0.717, 1.165) is 31.7 Å². The zero-order valence-corrected chi connectivity index (χ0v) is 11.8.